The number of hydrogen-bond donors (Lipinski definition) is 2. The maximum absolute atomic E-state index is 5.64. The molecule has 7 nitrogen and oxygen atoms in total. The molecule has 2 aliphatic rings. The third-order valence-corrected chi connectivity index (χ3v) is 5.93. The summed E-state index contributed by atoms with van der Waals surface area (Å²) >= 11 is 0. The van der Waals surface area contributed by atoms with Gasteiger partial charge in [-0.05, 0) is 32.8 Å². The van der Waals surface area contributed by atoms with Crippen LogP contribution in [0.4, 0.5) is 0 Å². The molecule has 2 heterocycles. The second kappa shape index (κ2) is 11.4. The van der Waals surface area contributed by atoms with Crippen molar-refractivity contribution in [3.8, 4) is 5.88 Å². The van der Waals surface area contributed by atoms with E-state index in [2.05, 4.69) is 27.4 Å². The van der Waals surface area contributed by atoms with Gasteiger partial charge in [-0.2, -0.15) is 0 Å². The molecule has 0 aromatic carbocycles. The summed E-state index contributed by atoms with van der Waals surface area (Å²) in [5.41, 5.74) is 1.22. The highest BCUT2D eigenvalue weighted by molar-refractivity contribution is 5.79. The summed E-state index contributed by atoms with van der Waals surface area (Å²) in [6.45, 7) is 10.7. The van der Waals surface area contributed by atoms with Crippen molar-refractivity contribution in [2.24, 2.45) is 4.99 Å². The Morgan fingerprint density at radius 3 is 2.72 bits per heavy atom. The molecular formula is C22H37N5O2. The van der Waals surface area contributed by atoms with Gasteiger partial charge >= 0.3 is 0 Å². The zero-order valence-corrected chi connectivity index (χ0v) is 18.1. The van der Waals surface area contributed by atoms with E-state index in [-0.39, 0.29) is 5.54 Å². The first kappa shape index (κ1) is 21.8. The minimum atomic E-state index is 0.211. The summed E-state index contributed by atoms with van der Waals surface area (Å²) in [7, 11) is 0. The average molecular weight is 404 g/mol. The van der Waals surface area contributed by atoms with E-state index >= 15 is 0 Å². The van der Waals surface area contributed by atoms with E-state index in [0.29, 0.717) is 19.0 Å². The van der Waals surface area contributed by atoms with Crippen LogP contribution in [0.5, 0.6) is 5.88 Å². The Morgan fingerprint density at radius 2 is 2.00 bits per heavy atom. The van der Waals surface area contributed by atoms with Gasteiger partial charge in [0.25, 0.3) is 0 Å². The smallest absolute Gasteiger partial charge is 0.218 e. The van der Waals surface area contributed by atoms with Crippen LogP contribution in [-0.2, 0) is 11.3 Å². The average Bonchev–Trinajstić information content (AvgIpc) is 2.78. The van der Waals surface area contributed by atoms with E-state index in [9.17, 15) is 0 Å². The number of hydrogen-bond acceptors (Lipinski definition) is 5. The summed E-state index contributed by atoms with van der Waals surface area (Å²) < 4.78 is 11.2. The van der Waals surface area contributed by atoms with Crippen molar-refractivity contribution in [3.63, 3.8) is 0 Å². The third kappa shape index (κ3) is 6.06. The largest absolute Gasteiger partial charge is 0.478 e. The topological polar surface area (TPSA) is 71.0 Å². The van der Waals surface area contributed by atoms with Crippen molar-refractivity contribution in [1.82, 2.24) is 20.5 Å². The van der Waals surface area contributed by atoms with E-state index in [1.54, 1.807) is 6.20 Å². The van der Waals surface area contributed by atoms with E-state index in [0.717, 1.165) is 50.9 Å². The Bertz CT molecular complexity index is 640. The first-order valence-electron chi connectivity index (χ1n) is 11.2. The maximum Gasteiger partial charge on any atom is 0.218 e. The molecule has 1 saturated carbocycles. The van der Waals surface area contributed by atoms with Crippen LogP contribution in [0.3, 0.4) is 0 Å². The van der Waals surface area contributed by atoms with Crippen LogP contribution in [0.1, 0.15) is 51.5 Å². The summed E-state index contributed by atoms with van der Waals surface area (Å²) in [4.78, 5) is 11.8. The Balaban J connectivity index is 1.67. The molecular weight excluding hydrogens is 366 g/mol. The van der Waals surface area contributed by atoms with E-state index in [1.165, 1.54) is 32.1 Å². The number of nitrogens with zero attached hydrogens (tertiary/aromatic N) is 3. The lowest BCUT2D eigenvalue weighted by molar-refractivity contribution is -0.0352. The number of aromatic nitrogens is 1. The molecule has 1 aromatic heterocycles. The first-order chi connectivity index (χ1) is 14.3. The van der Waals surface area contributed by atoms with Crippen LogP contribution in [-0.4, -0.2) is 67.4 Å². The molecule has 7 heteroatoms. The van der Waals surface area contributed by atoms with Gasteiger partial charge in [0.2, 0.25) is 5.88 Å². The molecule has 0 bridgehead atoms. The fourth-order valence-electron chi connectivity index (χ4n) is 4.42. The summed E-state index contributed by atoms with van der Waals surface area (Å²) in [5.74, 6) is 1.53. The standard InChI is InChI=1S/C22H37N5O2/c1-3-23-21(25-17-19-9-8-12-24-20(19)29-4-2)26-18-22(10-6-5-7-11-22)27-13-15-28-16-14-27/h8-9,12H,3-7,10-11,13-18H2,1-2H3,(H2,23,25,26). The number of ether oxygens (including phenoxy) is 2. The lowest BCUT2D eigenvalue weighted by Gasteiger charge is -2.48. The van der Waals surface area contributed by atoms with Crippen LogP contribution in [0.15, 0.2) is 23.3 Å². The van der Waals surface area contributed by atoms with Gasteiger partial charge in [0.1, 0.15) is 0 Å². The predicted molar refractivity (Wildman–Crippen MR) is 116 cm³/mol. The molecule has 2 N–H and O–H groups in total. The normalized spacial score (nSPS) is 20.3. The molecule has 162 valence electrons. The molecule has 0 radical (unpaired) electrons. The van der Waals surface area contributed by atoms with Crippen LogP contribution in [0.2, 0.25) is 0 Å². The van der Waals surface area contributed by atoms with Crippen molar-refractivity contribution in [2.45, 2.75) is 58.0 Å². The highest BCUT2D eigenvalue weighted by Gasteiger charge is 2.38. The Hall–Kier alpha value is -1.86. The Kier molecular flexibility index (Phi) is 8.55. The lowest BCUT2D eigenvalue weighted by atomic mass is 9.80. The zero-order chi connectivity index (χ0) is 20.4. The quantitative estimate of drug-likeness (QED) is 0.514. The molecule has 1 aromatic rings. The molecule has 0 spiro atoms. The molecule has 0 atom stereocenters. The molecule has 29 heavy (non-hydrogen) atoms. The van der Waals surface area contributed by atoms with Gasteiger partial charge in [0.15, 0.2) is 5.96 Å². The zero-order valence-electron chi connectivity index (χ0n) is 18.1. The van der Waals surface area contributed by atoms with E-state index < -0.39 is 0 Å². The number of morpholine rings is 1. The minimum Gasteiger partial charge on any atom is -0.478 e. The van der Waals surface area contributed by atoms with Crippen molar-refractivity contribution in [2.75, 3.05) is 46.0 Å². The number of nitrogens with one attached hydrogen (secondary N) is 2. The lowest BCUT2D eigenvalue weighted by Crippen LogP contribution is -2.60. The fraction of sp³-hybridized carbons (Fsp3) is 0.727. The first-order valence-corrected chi connectivity index (χ1v) is 11.2. The molecule has 2 fully saturated rings. The fourth-order valence-corrected chi connectivity index (χ4v) is 4.42. The minimum absolute atomic E-state index is 0.211. The molecule has 1 aliphatic carbocycles. The van der Waals surface area contributed by atoms with Crippen molar-refractivity contribution >= 4 is 5.96 Å². The molecule has 0 unspecified atom stereocenters. The highest BCUT2D eigenvalue weighted by Crippen LogP contribution is 2.33. The van der Waals surface area contributed by atoms with Gasteiger partial charge in [0, 0.05) is 43.5 Å². The number of aliphatic imine (C=N–C) groups is 1. The summed E-state index contributed by atoms with van der Waals surface area (Å²) in [5, 5.41) is 7.04. The number of rotatable bonds is 8. The highest BCUT2D eigenvalue weighted by atomic mass is 16.5. The van der Waals surface area contributed by atoms with E-state index in [4.69, 9.17) is 14.5 Å². The second-order valence-corrected chi connectivity index (χ2v) is 7.83. The predicted octanol–water partition coefficient (Wildman–Crippen LogP) is 2.57. The van der Waals surface area contributed by atoms with Gasteiger partial charge in [0.05, 0.1) is 26.4 Å². The van der Waals surface area contributed by atoms with Crippen LogP contribution in [0.25, 0.3) is 0 Å². The van der Waals surface area contributed by atoms with Gasteiger partial charge < -0.3 is 20.1 Å². The van der Waals surface area contributed by atoms with Gasteiger partial charge in [-0.15, -0.1) is 0 Å². The van der Waals surface area contributed by atoms with Crippen molar-refractivity contribution < 1.29 is 9.47 Å². The molecule has 0 amide bonds. The molecule has 1 saturated heterocycles. The summed E-state index contributed by atoms with van der Waals surface area (Å²) in [6, 6.07) is 3.96. The monoisotopic (exact) mass is 403 g/mol. The number of guanidine groups is 1. The third-order valence-electron chi connectivity index (χ3n) is 5.93. The molecule has 1 aliphatic heterocycles. The second-order valence-electron chi connectivity index (χ2n) is 7.83. The van der Waals surface area contributed by atoms with Gasteiger partial charge in [-0.3, -0.25) is 4.90 Å². The van der Waals surface area contributed by atoms with Crippen molar-refractivity contribution in [1.29, 1.82) is 0 Å². The SMILES string of the molecule is CCNC(=NCc1cccnc1OCC)NCC1(N2CCOCC2)CCCCC1. The van der Waals surface area contributed by atoms with E-state index in [1.807, 2.05) is 19.1 Å². The number of pyridine rings is 1. The van der Waals surface area contributed by atoms with Crippen LogP contribution >= 0.6 is 0 Å². The summed E-state index contributed by atoms with van der Waals surface area (Å²) in [6.07, 6.45) is 8.21. The maximum atomic E-state index is 5.64. The van der Waals surface area contributed by atoms with Crippen molar-refractivity contribution in [3.05, 3.63) is 23.9 Å². The molecule has 3 rings (SSSR count). The Labute approximate surface area is 175 Å². The van der Waals surface area contributed by atoms with Gasteiger partial charge in [-0.25, -0.2) is 9.98 Å². The Morgan fingerprint density at radius 1 is 1.21 bits per heavy atom. The van der Waals surface area contributed by atoms with Gasteiger partial charge in [-0.1, -0.05) is 25.3 Å². The van der Waals surface area contributed by atoms with Crippen LogP contribution in [0, 0.1) is 0 Å². The van der Waals surface area contributed by atoms with Crippen LogP contribution < -0.4 is 15.4 Å².